The molecule has 1 N–H and O–H groups in total. The normalized spacial score (nSPS) is 13.9. The van der Waals surface area contributed by atoms with Gasteiger partial charge in [0.1, 0.15) is 5.82 Å². The monoisotopic (exact) mass is 419 g/mol. The highest BCUT2D eigenvalue weighted by Crippen LogP contribution is 2.26. The van der Waals surface area contributed by atoms with Crippen molar-refractivity contribution < 1.29 is 4.39 Å². The molecule has 0 aliphatic carbocycles. The molecular weight excluding hydrogens is 401 g/mol. The maximum Gasteiger partial charge on any atom is 0.159 e. The van der Waals surface area contributed by atoms with Gasteiger partial charge in [-0.3, -0.25) is 10.00 Å². The topological polar surface area (TPSA) is 57.7 Å². The second-order valence-corrected chi connectivity index (χ2v) is 7.85. The lowest BCUT2D eigenvalue weighted by Crippen LogP contribution is -2.31. The SMILES string of the molecule is Fc1cccc(-c2[nH]ncc2CN2CCc3nc(-c4ccc(Cl)cc4)ncc3C2)c1. The van der Waals surface area contributed by atoms with Gasteiger partial charge in [0, 0.05) is 59.5 Å². The Bertz CT molecular complexity index is 1190. The molecule has 30 heavy (non-hydrogen) atoms. The van der Waals surface area contributed by atoms with Crippen LogP contribution in [0.15, 0.2) is 60.9 Å². The molecule has 0 atom stereocenters. The van der Waals surface area contributed by atoms with Crippen molar-refractivity contribution in [3.63, 3.8) is 0 Å². The zero-order chi connectivity index (χ0) is 20.5. The molecule has 0 saturated heterocycles. The van der Waals surface area contributed by atoms with Gasteiger partial charge in [-0.15, -0.1) is 0 Å². The molecule has 3 heterocycles. The van der Waals surface area contributed by atoms with Crippen molar-refractivity contribution in [3.05, 3.63) is 88.6 Å². The van der Waals surface area contributed by atoms with E-state index in [1.807, 2.05) is 42.7 Å². The Hall–Kier alpha value is -3.09. The summed E-state index contributed by atoms with van der Waals surface area (Å²) in [6, 6.07) is 14.1. The van der Waals surface area contributed by atoms with E-state index in [1.165, 1.54) is 12.1 Å². The number of hydrogen-bond donors (Lipinski definition) is 1. The number of nitrogens with one attached hydrogen (secondary N) is 1. The van der Waals surface area contributed by atoms with Crippen LogP contribution in [0.4, 0.5) is 4.39 Å². The predicted octanol–water partition coefficient (Wildman–Crippen LogP) is 4.88. The maximum absolute atomic E-state index is 13.6. The summed E-state index contributed by atoms with van der Waals surface area (Å²) in [5, 5.41) is 7.89. The minimum Gasteiger partial charge on any atom is -0.294 e. The number of benzene rings is 2. The van der Waals surface area contributed by atoms with Crippen molar-refractivity contribution >= 4 is 11.6 Å². The quantitative estimate of drug-likeness (QED) is 0.512. The van der Waals surface area contributed by atoms with Crippen LogP contribution in [0.1, 0.15) is 16.8 Å². The Morgan fingerprint density at radius 1 is 1.07 bits per heavy atom. The molecule has 5 nitrogen and oxygen atoms in total. The highest BCUT2D eigenvalue weighted by molar-refractivity contribution is 6.30. The molecule has 4 aromatic rings. The van der Waals surface area contributed by atoms with E-state index >= 15 is 0 Å². The van der Waals surface area contributed by atoms with E-state index in [4.69, 9.17) is 16.6 Å². The smallest absolute Gasteiger partial charge is 0.159 e. The zero-order valence-electron chi connectivity index (χ0n) is 16.1. The van der Waals surface area contributed by atoms with Gasteiger partial charge in [0.25, 0.3) is 0 Å². The van der Waals surface area contributed by atoms with Crippen LogP contribution in [0.5, 0.6) is 0 Å². The van der Waals surface area contributed by atoms with Gasteiger partial charge in [-0.25, -0.2) is 14.4 Å². The summed E-state index contributed by atoms with van der Waals surface area (Å²) < 4.78 is 13.6. The summed E-state index contributed by atoms with van der Waals surface area (Å²) in [5.41, 5.74) is 5.88. The van der Waals surface area contributed by atoms with Gasteiger partial charge in [-0.2, -0.15) is 5.10 Å². The first-order chi connectivity index (χ1) is 14.7. The molecule has 0 unspecified atom stereocenters. The maximum atomic E-state index is 13.6. The van der Waals surface area contributed by atoms with Crippen LogP contribution in [-0.4, -0.2) is 31.6 Å². The zero-order valence-corrected chi connectivity index (χ0v) is 16.9. The van der Waals surface area contributed by atoms with Gasteiger partial charge in [-0.05, 0) is 36.4 Å². The van der Waals surface area contributed by atoms with Crippen molar-refractivity contribution in [1.82, 2.24) is 25.1 Å². The second kappa shape index (κ2) is 7.97. The molecule has 2 aromatic carbocycles. The van der Waals surface area contributed by atoms with Crippen LogP contribution in [0.2, 0.25) is 5.02 Å². The van der Waals surface area contributed by atoms with Crippen LogP contribution >= 0.6 is 11.6 Å². The van der Waals surface area contributed by atoms with Gasteiger partial charge in [0.05, 0.1) is 17.6 Å². The van der Waals surface area contributed by atoms with Crippen LogP contribution in [0, 0.1) is 5.82 Å². The third kappa shape index (κ3) is 3.84. The fraction of sp³-hybridized carbons (Fsp3) is 0.174. The number of aromatic amines is 1. The van der Waals surface area contributed by atoms with Crippen LogP contribution in [-0.2, 0) is 19.5 Å². The van der Waals surface area contributed by atoms with E-state index in [0.29, 0.717) is 5.02 Å². The molecule has 1 aliphatic rings. The van der Waals surface area contributed by atoms with Crippen LogP contribution in [0.25, 0.3) is 22.6 Å². The number of aromatic nitrogens is 4. The molecule has 2 aromatic heterocycles. The lowest BCUT2D eigenvalue weighted by molar-refractivity contribution is 0.243. The van der Waals surface area contributed by atoms with Crippen LogP contribution in [0.3, 0.4) is 0 Å². The number of nitrogens with zero attached hydrogens (tertiary/aromatic N) is 4. The minimum absolute atomic E-state index is 0.256. The average Bonchev–Trinajstić information content (AvgIpc) is 3.22. The Kier molecular flexibility index (Phi) is 5.02. The van der Waals surface area contributed by atoms with Crippen molar-refractivity contribution in [2.24, 2.45) is 0 Å². The fourth-order valence-corrected chi connectivity index (χ4v) is 3.94. The van der Waals surface area contributed by atoms with Crippen molar-refractivity contribution in [3.8, 4) is 22.6 Å². The summed E-state index contributed by atoms with van der Waals surface area (Å²) in [6.07, 6.45) is 4.59. The van der Waals surface area contributed by atoms with E-state index in [1.54, 1.807) is 6.07 Å². The van der Waals surface area contributed by atoms with Crippen molar-refractivity contribution in [1.29, 1.82) is 0 Å². The number of fused-ring (bicyclic) bond motifs is 1. The van der Waals surface area contributed by atoms with Crippen molar-refractivity contribution in [2.75, 3.05) is 6.54 Å². The Labute approximate surface area is 178 Å². The molecule has 0 radical (unpaired) electrons. The molecule has 0 amide bonds. The minimum atomic E-state index is -0.256. The molecule has 0 fully saturated rings. The lowest BCUT2D eigenvalue weighted by Gasteiger charge is -2.28. The first-order valence-corrected chi connectivity index (χ1v) is 10.1. The van der Waals surface area contributed by atoms with E-state index in [-0.39, 0.29) is 5.82 Å². The molecule has 0 bridgehead atoms. The molecule has 1 aliphatic heterocycles. The molecule has 0 spiro atoms. The number of rotatable bonds is 4. The van der Waals surface area contributed by atoms with E-state index in [9.17, 15) is 4.39 Å². The summed E-state index contributed by atoms with van der Waals surface area (Å²) in [4.78, 5) is 11.7. The molecular formula is C23H19ClFN5. The standard InChI is InChI=1S/C23H19ClFN5/c24-19-6-4-15(5-7-19)23-26-11-17-13-30(9-8-21(17)28-23)14-18-12-27-29-22(18)16-2-1-3-20(25)10-16/h1-7,10-12H,8-9,13-14H2,(H,27,29). The summed E-state index contributed by atoms with van der Waals surface area (Å²) in [5.74, 6) is 0.468. The molecule has 150 valence electrons. The number of hydrogen-bond acceptors (Lipinski definition) is 4. The molecule has 7 heteroatoms. The second-order valence-electron chi connectivity index (χ2n) is 7.41. The fourth-order valence-electron chi connectivity index (χ4n) is 3.81. The van der Waals surface area contributed by atoms with E-state index < -0.39 is 0 Å². The van der Waals surface area contributed by atoms with Crippen molar-refractivity contribution in [2.45, 2.75) is 19.5 Å². The molecule has 0 saturated carbocycles. The predicted molar refractivity (Wildman–Crippen MR) is 114 cm³/mol. The first kappa shape index (κ1) is 18.9. The Morgan fingerprint density at radius 2 is 1.93 bits per heavy atom. The van der Waals surface area contributed by atoms with E-state index in [2.05, 4.69) is 20.1 Å². The Morgan fingerprint density at radius 3 is 2.77 bits per heavy atom. The molecule has 5 rings (SSSR count). The lowest BCUT2D eigenvalue weighted by atomic mass is 10.0. The summed E-state index contributed by atoms with van der Waals surface area (Å²) in [6.45, 7) is 2.38. The third-order valence-electron chi connectivity index (χ3n) is 5.34. The van der Waals surface area contributed by atoms with Gasteiger partial charge >= 0.3 is 0 Å². The highest BCUT2D eigenvalue weighted by Gasteiger charge is 2.20. The largest absolute Gasteiger partial charge is 0.294 e. The first-order valence-electron chi connectivity index (χ1n) is 9.77. The number of H-pyrrole nitrogens is 1. The summed E-state index contributed by atoms with van der Waals surface area (Å²) >= 11 is 5.98. The summed E-state index contributed by atoms with van der Waals surface area (Å²) in [7, 11) is 0. The Balaban J connectivity index is 1.34. The van der Waals surface area contributed by atoms with Gasteiger partial charge < -0.3 is 0 Å². The number of halogens is 2. The average molecular weight is 420 g/mol. The highest BCUT2D eigenvalue weighted by atomic mass is 35.5. The van der Waals surface area contributed by atoms with Gasteiger partial charge in [0.2, 0.25) is 0 Å². The third-order valence-corrected chi connectivity index (χ3v) is 5.59. The van der Waals surface area contributed by atoms with Crippen LogP contribution < -0.4 is 0 Å². The van der Waals surface area contributed by atoms with Gasteiger partial charge in [-0.1, -0.05) is 23.7 Å². The van der Waals surface area contributed by atoms with Gasteiger partial charge in [0.15, 0.2) is 5.82 Å². The van der Waals surface area contributed by atoms with E-state index in [0.717, 1.165) is 65.5 Å².